The number of nitrogens with two attached hydrogens (primary N) is 1. The molecule has 0 amide bonds. The first-order valence-electron chi connectivity index (χ1n) is 6.51. The van der Waals surface area contributed by atoms with E-state index in [0.717, 1.165) is 24.4 Å². The zero-order valence-corrected chi connectivity index (χ0v) is 11.2. The summed E-state index contributed by atoms with van der Waals surface area (Å²) in [6.45, 7) is 4.14. The minimum atomic E-state index is 0.464. The van der Waals surface area contributed by atoms with Crippen molar-refractivity contribution in [3.05, 3.63) is 41.2 Å². The summed E-state index contributed by atoms with van der Waals surface area (Å²) in [6, 6.07) is 7.65. The highest BCUT2D eigenvalue weighted by Gasteiger charge is 2.27. The SMILES string of the molecule is Cc1ccc(Oc2cc(N)nc(C3CC3)n2)cc1C. The quantitative estimate of drug-likeness (QED) is 0.913. The van der Waals surface area contributed by atoms with Crippen LogP contribution in [0.5, 0.6) is 11.6 Å². The molecule has 19 heavy (non-hydrogen) atoms. The molecule has 1 saturated carbocycles. The van der Waals surface area contributed by atoms with Crippen LogP contribution in [0.1, 0.15) is 35.7 Å². The lowest BCUT2D eigenvalue weighted by atomic mass is 10.1. The monoisotopic (exact) mass is 255 g/mol. The van der Waals surface area contributed by atoms with Gasteiger partial charge in [0.25, 0.3) is 0 Å². The molecule has 1 fully saturated rings. The van der Waals surface area contributed by atoms with E-state index in [2.05, 4.69) is 23.8 Å². The Morgan fingerprint density at radius 3 is 2.58 bits per heavy atom. The van der Waals surface area contributed by atoms with Gasteiger partial charge in [0.2, 0.25) is 5.88 Å². The topological polar surface area (TPSA) is 61.0 Å². The van der Waals surface area contributed by atoms with Crippen LogP contribution in [0.15, 0.2) is 24.3 Å². The van der Waals surface area contributed by atoms with Gasteiger partial charge in [-0.3, -0.25) is 0 Å². The molecule has 4 heteroatoms. The maximum absolute atomic E-state index is 5.80. The van der Waals surface area contributed by atoms with Gasteiger partial charge < -0.3 is 10.5 Å². The number of hydrogen-bond donors (Lipinski definition) is 1. The molecule has 2 aromatic rings. The van der Waals surface area contributed by atoms with Crippen LogP contribution in [-0.2, 0) is 0 Å². The number of nitrogens with zero attached hydrogens (tertiary/aromatic N) is 2. The molecule has 1 heterocycles. The van der Waals surface area contributed by atoms with E-state index >= 15 is 0 Å². The van der Waals surface area contributed by atoms with Crippen LogP contribution in [0.25, 0.3) is 0 Å². The number of nitrogen functional groups attached to an aromatic ring is 1. The highest BCUT2D eigenvalue weighted by atomic mass is 16.5. The number of benzene rings is 1. The van der Waals surface area contributed by atoms with Gasteiger partial charge in [0, 0.05) is 12.0 Å². The second-order valence-corrected chi connectivity index (χ2v) is 5.11. The lowest BCUT2D eigenvalue weighted by Crippen LogP contribution is -2.00. The van der Waals surface area contributed by atoms with E-state index in [1.54, 1.807) is 6.07 Å². The zero-order valence-electron chi connectivity index (χ0n) is 11.2. The minimum Gasteiger partial charge on any atom is -0.439 e. The summed E-state index contributed by atoms with van der Waals surface area (Å²) >= 11 is 0. The molecule has 2 N–H and O–H groups in total. The van der Waals surface area contributed by atoms with Crippen molar-refractivity contribution in [1.29, 1.82) is 0 Å². The third-order valence-corrected chi connectivity index (χ3v) is 3.38. The Morgan fingerprint density at radius 2 is 1.89 bits per heavy atom. The molecule has 0 unspecified atom stereocenters. The largest absolute Gasteiger partial charge is 0.439 e. The molecule has 1 aliphatic rings. The Bertz CT molecular complexity index is 621. The third kappa shape index (κ3) is 2.67. The van der Waals surface area contributed by atoms with E-state index < -0.39 is 0 Å². The summed E-state index contributed by atoms with van der Waals surface area (Å²) < 4.78 is 5.78. The van der Waals surface area contributed by atoms with Gasteiger partial charge in [0.05, 0.1) is 0 Å². The first-order valence-corrected chi connectivity index (χ1v) is 6.51. The smallest absolute Gasteiger partial charge is 0.224 e. The summed E-state index contributed by atoms with van der Waals surface area (Å²) in [5.74, 6) is 3.04. The number of aryl methyl sites for hydroxylation is 2. The van der Waals surface area contributed by atoms with E-state index in [4.69, 9.17) is 10.5 Å². The second kappa shape index (κ2) is 4.53. The van der Waals surface area contributed by atoms with E-state index in [0.29, 0.717) is 17.6 Å². The van der Waals surface area contributed by atoms with E-state index in [1.807, 2.05) is 18.2 Å². The molecule has 3 rings (SSSR count). The van der Waals surface area contributed by atoms with Gasteiger partial charge in [-0.2, -0.15) is 4.98 Å². The number of anilines is 1. The molecule has 98 valence electrons. The van der Waals surface area contributed by atoms with Crippen LogP contribution in [0, 0.1) is 13.8 Å². The molecular weight excluding hydrogens is 238 g/mol. The van der Waals surface area contributed by atoms with Crippen LogP contribution in [0.3, 0.4) is 0 Å². The van der Waals surface area contributed by atoms with Crippen LogP contribution in [0.4, 0.5) is 5.82 Å². The minimum absolute atomic E-state index is 0.464. The van der Waals surface area contributed by atoms with Crippen molar-refractivity contribution >= 4 is 5.82 Å². The molecular formula is C15H17N3O. The van der Waals surface area contributed by atoms with E-state index in [-0.39, 0.29) is 0 Å². The Labute approximate surface area is 112 Å². The van der Waals surface area contributed by atoms with Crippen LogP contribution in [-0.4, -0.2) is 9.97 Å². The molecule has 1 aromatic heterocycles. The Hall–Kier alpha value is -2.10. The van der Waals surface area contributed by atoms with Gasteiger partial charge >= 0.3 is 0 Å². The molecule has 0 bridgehead atoms. The fourth-order valence-electron chi connectivity index (χ4n) is 1.94. The molecule has 4 nitrogen and oxygen atoms in total. The normalized spacial score (nSPS) is 14.4. The van der Waals surface area contributed by atoms with Crippen molar-refractivity contribution < 1.29 is 4.74 Å². The van der Waals surface area contributed by atoms with Gasteiger partial charge in [0.1, 0.15) is 17.4 Å². The Balaban J connectivity index is 1.87. The van der Waals surface area contributed by atoms with Crippen LogP contribution < -0.4 is 10.5 Å². The molecule has 0 atom stereocenters. The van der Waals surface area contributed by atoms with Gasteiger partial charge in [-0.15, -0.1) is 0 Å². The first kappa shape index (κ1) is 12.0. The van der Waals surface area contributed by atoms with Crippen molar-refractivity contribution in [1.82, 2.24) is 9.97 Å². The second-order valence-electron chi connectivity index (χ2n) is 5.11. The third-order valence-electron chi connectivity index (χ3n) is 3.38. The van der Waals surface area contributed by atoms with Crippen LogP contribution in [0.2, 0.25) is 0 Å². The molecule has 0 saturated heterocycles. The van der Waals surface area contributed by atoms with Crippen molar-refractivity contribution in [3.8, 4) is 11.6 Å². The highest BCUT2D eigenvalue weighted by molar-refractivity contribution is 5.39. The Kier molecular flexibility index (Phi) is 2.85. The summed E-state index contributed by atoms with van der Waals surface area (Å²) in [7, 11) is 0. The summed E-state index contributed by atoms with van der Waals surface area (Å²) in [4.78, 5) is 8.69. The van der Waals surface area contributed by atoms with E-state index in [1.165, 1.54) is 11.1 Å². The number of aromatic nitrogens is 2. The Morgan fingerprint density at radius 1 is 1.11 bits per heavy atom. The molecule has 0 spiro atoms. The van der Waals surface area contributed by atoms with Crippen molar-refractivity contribution in [2.75, 3.05) is 5.73 Å². The van der Waals surface area contributed by atoms with Crippen molar-refractivity contribution in [2.24, 2.45) is 0 Å². The van der Waals surface area contributed by atoms with Gasteiger partial charge in [-0.1, -0.05) is 6.07 Å². The molecule has 0 aliphatic heterocycles. The predicted octanol–water partition coefficient (Wildman–Crippen LogP) is 3.35. The average molecular weight is 255 g/mol. The lowest BCUT2D eigenvalue weighted by Gasteiger charge is -2.08. The van der Waals surface area contributed by atoms with Gasteiger partial charge in [-0.25, -0.2) is 4.98 Å². The van der Waals surface area contributed by atoms with Crippen LogP contribution >= 0.6 is 0 Å². The van der Waals surface area contributed by atoms with Gasteiger partial charge in [0.15, 0.2) is 0 Å². The summed E-state index contributed by atoms with van der Waals surface area (Å²) in [6.07, 6.45) is 2.29. The maximum atomic E-state index is 5.80. The average Bonchev–Trinajstić information content (AvgIpc) is 3.17. The molecule has 1 aliphatic carbocycles. The highest BCUT2D eigenvalue weighted by Crippen LogP contribution is 2.39. The lowest BCUT2D eigenvalue weighted by molar-refractivity contribution is 0.458. The van der Waals surface area contributed by atoms with Gasteiger partial charge in [-0.05, 0) is 49.9 Å². The fourth-order valence-corrected chi connectivity index (χ4v) is 1.94. The standard InChI is InChI=1S/C15H17N3O/c1-9-3-6-12(7-10(9)2)19-14-8-13(16)17-15(18-14)11-4-5-11/h3,6-8,11H,4-5H2,1-2H3,(H2,16,17,18). The van der Waals surface area contributed by atoms with E-state index in [9.17, 15) is 0 Å². The summed E-state index contributed by atoms with van der Waals surface area (Å²) in [5, 5.41) is 0. The zero-order chi connectivity index (χ0) is 13.4. The number of rotatable bonds is 3. The molecule has 0 radical (unpaired) electrons. The fraction of sp³-hybridized carbons (Fsp3) is 0.333. The maximum Gasteiger partial charge on any atom is 0.224 e. The number of hydrogen-bond acceptors (Lipinski definition) is 4. The molecule has 1 aromatic carbocycles. The first-order chi connectivity index (χ1) is 9.11. The predicted molar refractivity (Wildman–Crippen MR) is 74.4 cm³/mol. The summed E-state index contributed by atoms with van der Waals surface area (Å²) in [5.41, 5.74) is 8.24. The van der Waals surface area contributed by atoms with Crippen molar-refractivity contribution in [3.63, 3.8) is 0 Å². The van der Waals surface area contributed by atoms with Crippen molar-refractivity contribution in [2.45, 2.75) is 32.6 Å². The number of ether oxygens (including phenoxy) is 1.